The quantitative estimate of drug-likeness (QED) is 0.710. The lowest BCUT2D eigenvalue weighted by atomic mass is 10.1. The Kier molecular flexibility index (Phi) is 3.23. The lowest BCUT2D eigenvalue weighted by molar-refractivity contribution is 0.515. The molecule has 0 aliphatic rings. The lowest BCUT2D eigenvalue weighted by Crippen LogP contribution is -2.12. The van der Waals surface area contributed by atoms with Crippen molar-refractivity contribution in [1.82, 2.24) is 9.97 Å². The molecule has 1 aromatic heterocycles. The fourth-order valence-electron chi connectivity index (χ4n) is 1.98. The van der Waals surface area contributed by atoms with Crippen molar-refractivity contribution in [3.05, 3.63) is 76.0 Å². The minimum Gasteiger partial charge on any atom is -0.507 e. The number of benzene rings is 2. The van der Waals surface area contributed by atoms with Gasteiger partial charge in [-0.15, -0.1) is 0 Å². The zero-order valence-corrected chi connectivity index (χ0v) is 10.9. The van der Waals surface area contributed by atoms with Gasteiger partial charge in [-0.3, -0.25) is 4.79 Å². The van der Waals surface area contributed by atoms with Crippen molar-refractivity contribution in [3.8, 4) is 0 Å². The molecule has 0 spiro atoms. The first-order chi connectivity index (χ1) is 10.1. The standard InChI is InChI=1S/C16H11FN2O2/c17-11-7-5-10(6-8-11)15(20)9-14-16(21)19-13-4-2-1-3-12(13)18-14/h1-9,20H,(H,19,21). The van der Waals surface area contributed by atoms with E-state index in [1.54, 1.807) is 24.3 Å². The van der Waals surface area contributed by atoms with Crippen molar-refractivity contribution >= 4 is 22.9 Å². The SMILES string of the molecule is O=c1[nH]c2ccccc2nc1C=C(O)c1ccc(F)cc1. The van der Waals surface area contributed by atoms with Crippen molar-refractivity contribution in [2.75, 3.05) is 0 Å². The topological polar surface area (TPSA) is 66.0 Å². The van der Waals surface area contributed by atoms with E-state index in [9.17, 15) is 14.3 Å². The van der Waals surface area contributed by atoms with Gasteiger partial charge in [0, 0.05) is 11.6 Å². The van der Waals surface area contributed by atoms with Crippen molar-refractivity contribution < 1.29 is 9.50 Å². The van der Waals surface area contributed by atoms with Gasteiger partial charge < -0.3 is 10.1 Å². The third kappa shape index (κ3) is 2.67. The molecule has 3 rings (SSSR count). The van der Waals surface area contributed by atoms with E-state index in [0.717, 1.165) is 0 Å². The lowest BCUT2D eigenvalue weighted by Gasteiger charge is -2.01. The second-order valence-electron chi connectivity index (χ2n) is 4.50. The molecule has 0 atom stereocenters. The number of fused-ring (bicyclic) bond motifs is 1. The molecule has 0 radical (unpaired) electrons. The first-order valence-electron chi connectivity index (χ1n) is 6.29. The molecular formula is C16H11FN2O2. The summed E-state index contributed by atoms with van der Waals surface area (Å²) in [6.45, 7) is 0. The molecule has 5 heteroatoms. The first-order valence-corrected chi connectivity index (χ1v) is 6.29. The summed E-state index contributed by atoms with van der Waals surface area (Å²) in [5, 5.41) is 10.0. The summed E-state index contributed by atoms with van der Waals surface area (Å²) in [4.78, 5) is 18.8. The first kappa shape index (κ1) is 13.1. The summed E-state index contributed by atoms with van der Waals surface area (Å²) in [6.07, 6.45) is 1.26. The predicted octanol–water partition coefficient (Wildman–Crippen LogP) is 3.12. The van der Waals surface area contributed by atoms with Crippen LogP contribution in [0.4, 0.5) is 4.39 Å². The summed E-state index contributed by atoms with van der Waals surface area (Å²) >= 11 is 0. The number of para-hydroxylation sites is 2. The molecule has 1 heterocycles. The summed E-state index contributed by atoms with van der Waals surface area (Å²) in [7, 11) is 0. The molecule has 0 fully saturated rings. The molecule has 0 amide bonds. The number of halogens is 1. The van der Waals surface area contributed by atoms with Crippen molar-refractivity contribution in [3.63, 3.8) is 0 Å². The van der Waals surface area contributed by atoms with Crippen LogP contribution >= 0.6 is 0 Å². The van der Waals surface area contributed by atoms with Crippen molar-refractivity contribution in [2.45, 2.75) is 0 Å². The van der Waals surface area contributed by atoms with Crippen LogP contribution in [0.5, 0.6) is 0 Å². The predicted molar refractivity (Wildman–Crippen MR) is 79.3 cm³/mol. The Morgan fingerprint density at radius 2 is 1.86 bits per heavy atom. The summed E-state index contributed by atoms with van der Waals surface area (Å²) in [6, 6.07) is 12.4. The monoisotopic (exact) mass is 282 g/mol. The van der Waals surface area contributed by atoms with Crippen LogP contribution in [-0.4, -0.2) is 15.1 Å². The summed E-state index contributed by atoms with van der Waals surface area (Å²) < 4.78 is 12.8. The minimum atomic E-state index is -0.401. The molecule has 0 saturated heterocycles. The Labute approximate surface area is 119 Å². The number of aromatic amines is 1. The number of rotatable bonds is 2. The highest BCUT2D eigenvalue weighted by molar-refractivity contribution is 5.79. The van der Waals surface area contributed by atoms with Gasteiger partial charge in [-0.2, -0.15) is 0 Å². The maximum atomic E-state index is 12.8. The fraction of sp³-hybridized carbons (Fsp3) is 0. The van der Waals surface area contributed by atoms with Gasteiger partial charge in [-0.05, 0) is 36.4 Å². The van der Waals surface area contributed by atoms with E-state index in [1.165, 1.54) is 30.3 Å². The number of aliphatic hydroxyl groups excluding tert-OH is 1. The highest BCUT2D eigenvalue weighted by Crippen LogP contribution is 2.15. The normalized spacial score (nSPS) is 11.8. The van der Waals surface area contributed by atoms with E-state index in [-0.39, 0.29) is 11.5 Å². The average molecular weight is 282 g/mol. The molecule has 0 saturated carbocycles. The van der Waals surface area contributed by atoms with E-state index >= 15 is 0 Å². The zero-order chi connectivity index (χ0) is 14.8. The summed E-state index contributed by atoms with van der Waals surface area (Å²) in [5.74, 6) is -0.545. The molecule has 2 N–H and O–H groups in total. The van der Waals surface area contributed by atoms with Crippen LogP contribution in [0, 0.1) is 5.82 Å². The Hall–Kier alpha value is -2.95. The number of aromatic nitrogens is 2. The summed E-state index contributed by atoms with van der Waals surface area (Å²) in [5.41, 5.74) is 1.35. The van der Waals surface area contributed by atoms with Crippen LogP contribution in [-0.2, 0) is 0 Å². The Bertz CT molecular complexity index is 883. The van der Waals surface area contributed by atoms with E-state index in [2.05, 4.69) is 9.97 Å². The van der Waals surface area contributed by atoms with Crippen molar-refractivity contribution in [2.24, 2.45) is 0 Å². The highest BCUT2D eigenvalue weighted by Gasteiger charge is 2.05. The van der Waals surface area contributed by atoms with E-state index in [4.69, 9.17) is 0 Å². The van der Waals surface area contributed by atoms with Crippen LogP contribution in [0.15, 0.2) is 53.3 Å². The van der Waals surface area contributed by atoms with Gasteiger partial charge in [0.1, 0.15) is 17.3 Å². The van der Waals surface area contributed by atoms with E-state index in [0.29, 0.717) is 16.6 Å². The molecule has 2 aromatic carbocycles. The number of nitrogens with one attached hydrogen (secondary N) is 1. The molecule has 104 valence electrons. The Balaban J connectivity index is 2.07. The van der Waals surface area contributed by atoms with E-state index in [1.807, 2.05) is 0 Å². The van der Waals surface area contributed by atoms with Crippen LogP contribution in [0.2, 0.25) is 0 Å². The minimum absolute atomic E-state index is 0.0931. The maximum Gasteiger partial charge on any atom is 0.274 e. The van der Waals surface area contributed by atoms with Gasteiger partial charge in [0.2, 0.25) is 0 Å². The molecule has 21 heavy (non-hydrogen) atoms. The zero-order valence-electron chi connectivity index (χ0n) is 10.9. The number of aliphatic hydroxyl groups is 1. The molecule has 0 bridgehead atoms. The van der Waals surface area contributed by atoms with Gasteiger partial charge in [-0.25, -0.2) is 9.37 Å². The van der Waals surface area contributed by atoms with Crippen LogP contribution in [0.1, 0.15) is 11.3 Å². The fourth-order valence-corrected chi connectivity index (χ4v) is 1.98. The van der Waals surface area contributed by atoms with Crippen LogP contribution in [0.3, 0.4) is 0 Å². The second-order valence-corrected chi connectivity index (χ2v) is 4.50. The third-order valence-electron chi connectivity index (χ3n) is 3.04. The van der Waals surface area contributed by atoms with Gasteiger partial charge in [-0.1, -0.05) is 12.1 Å². The Morgan fingerprint density at radius 1 is 1.14 bits per heavy atom. The second kappa shape index (κ2) is 5.20. The van der Waals surface area contributed by atoms with Crippen LogP contribution < -0.4 is 5.56 Å². The van der Waals surface area contributed by atoms with Crippen LogP contribution in [0.25, 0.3) is 22.9 Å². The number of H-pyrrole nitrogens is 1. The molecule has 3 aromatic rings. The third-order valence-corrected chi connectivity index (χ3v) is 3.04. The highest BCUT2D eigenvalue weighted by atomic mass is 19.1. The maximum absolute atomic E-state index is 12.8. The van der Waals surface area contributed by atoms with Crippen molar-refractivity contribution in [1.29, 1.82) is 0 Å². The van der Waals surface area contributed by atoms with Gasteiger partial charge >= 0.3 is 0 Å². The number of hydrogen-bond acceptors (Lipinski definition) is 3. The van der Waals surface area contributed by atoms with Gasteiger partial charge in [0.05, 0.1) is 11.0 Å². The Morgan fingerprint density at radius 3 is 2.62 bits per heavy atom. The molecular weight excluding hydrogens is 271 g/mol. The molecule has 4 nitrogen and oxygen atoms in total. The van der Waals surface area contributed by atoms with Gasteiger partial charge in [0.15, 0.2) is 0 Å². The number of nitrogens with zero attached hydrogens (tertiary/aromatic N) is 1. The smallest absolute Gasteiger partial charge is 0.274 e. The average Bonchev–Trinajstić information content (AvgIpc) is 2.48. The number of hydrogen-bond donors (Lipinski definition) is 2. The largest absolute Gasteiger partial charge is 0.507 e. The molecule has 0 aliphatic heterocycles. The van der Waals surface area contributed by atoms with E-state index < -0.39 is 11.4 Å². The molecule has 0 unspecified atom stereocenters. The molecule has 0 aliphatic carbocycles. The van der Waals surface area contributed by atoms with Gasteiger partial charge in [0.25, 0.3) is 5.56 Å².